The Hall–Kier alpha value is -4.53. The van der Waals surface area contributed by atoms with Gasteiger partial charge in [0, 0.05) is 17.5 Å². The first-order valence-electron chi connectivity index (χ1n) is 11.5. The number of aryl methyl sites for hydroxylation is 1. The van der Waals surface area contributed by atoms with Gasteiger partial charge in [0.2, 0.25) is 0 Å². The molecule has 1 atom stereocenters. The molecule has 0 aliphatic rings. The second-order valence-electron chi connectivity index (χ2n) is 8.53. The third-order valence-electron chi connectivity index (χ3n) is 5.80. The van der Waals surface area contributed by atoms with E-state index in [-0.39, 0.29) is 18.4 Å². The maximum atomic E-state index is 14.3. The fourth-order valence-corrected chi connectivity index (χ4v) is 3.93. The van der Waals surface area contributed by atoms with Crippen LogP contribution in [-0.4, -0.2) is 22.3 Å². The molecule has 4 aromatic rings. The number of hydrogen-bond donors (Lipinski definition) is 2. The Bertz CT molecular complexity index is 1430. The summed E-state index contributed by atoms with van der Waals surface area (Å²) in [6.45, 7) is 3.20. The Kier molecular flexibility index (Phi) is 7.62. The zero-order chi connectivity index (χ0) is 26.5. The van der Waals surface area contributed by atoms with Crippen LogP contribution in [0, 0.1) is 18.6 Å². The van der Waals surface area contributed by atoms with Gasteiger partial charge in [-0.15, -0.1) is 0 Å². The van der Waals surface area contributed by atoms with E-state index in [0.717, 1.165) is 5.56 Å². The van der Waals surface area contributed by atoms with Crippen LogP contribution in [0.25, 0.3) is 11.3 Å². The highest BCUT2D eigenvalue weighted by atomic mass is 19.1. The monoisotopic (exact) mass is 506 g/mol. The van der Waals surface area contributed by atoms with Crippen LogP contribution in [0.1, 0.15) is 41.0 Å². The van der Waals surface area contributed by atoms with E-state index >= 15 is 0 Å². The van der Waals surface area contributed by atoms with Crippen molar-refractivity contribution in [1.29, 1.82) is 0 Å². The molecule has 37 heavy (non-hydrogen) atoms. The maximum absolute atomic E-state index is 14.3. The topological polar surface area (TPSA) is 102 Å². The number of benzene rings is 3. The summed E-state index contributed by atoms with van der Waals surface area (Å²) in [6, 6.07) is 17.4. The van der Waals surface area contributed by atoms with Crippen LogP contribution >= 0.6 is 0 Å². The minimum atomic E-state index is -0.986. The number of carbonyl (C=O) groups excluding carboxylic acids is 1. The van der Waals surface area contributed by atoms with Gasteiger partial charge in [0.25, 0.3) is 0 Å². The Morgan fingerprint density at radius 3 is 2.43 bits per heavy atom. The van der Waals surface area contributed by atoms with Gasteiger partial charge in [-0.2, -0.15) is 0 Å². The highest BCUT2D eigenvalue weighted by Crippen LogP contribution is 2.31. The van der Waals surface area contributed by atoms with Crippen LogP contribution in [0.15, 0.2) is 71.3 Å². The van der Waals surface area contributed by atoms with Gasteiger partial charge >= 0.3 is 12.1 Å². The fourth-order valence-electron chi connectivity index (χ4n) is 3.93. The molecule has 7 nitrogen and oxygen atoms in total. The Balaban J connectivity index is 1.47. The average Bonchev–Trinajstić information content (AvgIpc) is 3.21. The first-order chi connectivity index (χ1) is 17.7. The van der Waals surface area contributed by atoms with Crippen molar-refractivity contribution in [3.8, 4) is 11.3 Å². The van der Waals surface area contributed by atoms with Crippen molar-refractivity contribution >= 4 is 17.7 Å². The molecule has 4 rings (SSSR count). The van der Waals surface area contributed by atoms with Gasteiger partial charge in [0.1, 0.15) is 29.1 Å². The fraction of sp³-hybridized carbons (Fsp3) is 0.179. The Labute approximate surface area is 211 Å². The van der Waals surface area contributed by atoms with Crippen LogP contribution in [0.3, 0.4) is 0 Å². The number of aromatic nitrogens is 1. The standard InChI is InChI=1S/C28H24F2N2O5/c1-16(22-5-3-4-6-24(22)30)36-28(35)31-26-17(2)37-32-27(26)20-10-7-18(8-11-20)13-21-14-19(15-25(33)34)9-12-23(21)29/h3-12,14,16H,13,15H2,1-2H3,(H,31,35)(H,33,34). The molecule has 1 aromatic heterocycles. The van der Waals surface area contributed by atoms with Crippen molar-refractivity contribution in [3.05, 3.63) is 106 Å². The SMILES string of the molecule is Cc1onc(-c2ccc(Cc3cc(CC(=O)O)ccc3F)cc2)c1NC(=O)OC(C)c1ccccc1F. The second-order valence-corrected chi connectivity index (χ2v) is 8.53. The molecule has 0 saturated carbocycles. The second kappa shape index (κ2) is 11.0. The van der Waals surface area contributed by atoms with Crippen LogP contribution in [0.2, 0.25) is 0 Å². The number of nitrogens with zero attached hydrogens (tertiary/aromatic N) is 1. The van der Waals surface area contributed by atoms with E-state index in [1.165, 1.54) is 18.2 Å². The van der Waals surface area contributed by atoms with E-state index in [2.05, 4.69) is 10.5 Å². The number of anilines is 1. The summed E-state index contributed by atoms with van der Waals surface area (Å²) in [4.78, 5) is 23.5. The number of carboxylic acid groups (broad SMARTS) is 1. The summed E-state index contributed by atoms with van der Waals surface area (Å²) in [5.41, 5.74) is 3.27. The third kappa shape index (κ3) is 6.19. The number of carbonyl (C=O) groups is 2. The molecule has 0 radical (unpaired) electrons. The number of rotatable bonds is 8. The van der Waals surface area contributed by atoms with Gasteiger partial charge in [-0.05, 0) is 42.7 Å². The molecule has 2 N–H and O–H groups in total. The lowest BCUT2D eigenvalue weighted by atomic mass is 9.99. The molecule has 9 heteroatoms. The molecule has 1 heterocycles. The molecule has 3 aromatic carbocycles. The van der Waals surface area contributed by atoms with Crippen molar-refractivity contribution < 1.29 is 32.7 Å². The lowest BCUT2D eigenvalue weighted by molar-refractivity contribution is -0.136. The van der Waals surface area contributed by atoms with Crippen LogP contribution in [0.4, 0.5) is 19.3 Å². The van der Waals surface area contributed by atoms with Gasteiger partial charge in [-0.25, -0.2) is 13.6 Å². The van der Waals surface area contributed by atoms with E-state index < -0.39 is 29.8 Å². The summed E-state index contributed by atoms with van der Waals surface area (Å²) in [5, 5.41) is 15.6. The van der Waals surface area contributed by atoms with E-state index in [4.69, 9.17) is 14.4 Å². The lowest BCUT2D eigenvalue weighted by Crippen LogP contribution is -2.17. The van der Waals surface area contributed by atoms with Crippen LogP contribution in [-0.2, 0) is 22.4 Å². The molecule has 0 fully saturated rings. The van der Waals surface area contributed by atoms with Crippen molar-refractivity contribution in [3.63, 3.8) is 0 Å². The third-order valence-corrected chi connectivity index (χ3v) is 5.80. The number of hydrogen-bond acceptors (Lipinski definition) is 5. The Morgan fingerprint density at radius 1 is 1.03 bits per heavy atom. The number of ether oxygens (including phenoxy) is 1. The average molecular weight is 507 g/mol. The van der Waals surface area contributed by atoms with E-state index in [1.807, 2.05) is 0 Å². The van der Waals surface area contributed by atoms with Crippen LogP contribution in [0.5, 0.6) is 0 Å². The van der Waals surface area contributed by atoms with Gasteiger partial charge in [0.05, 0.1) is 6.42 Å². The minimum Gasteiger partial charge on any atom is -0.481 e. The van der Waals surface area contributed by atoms with E-state index in [1.54, 1.807) is 62.4 Å². The molecule has 0 saturated heterocycles. The summed E-state index contributed by atoms with van der Waals surface area (Å²) in [7, 11) is 0. The summed E-state index contributed by atoms with van der Waals surface area (Å²) < 4.78 is 38.9. The summed E-state index contributed by atoms with van der Waals surface area (Å²) in [6.07, 6.45) is -1.53. The molecule has 0 aliphatic heterocycles. The van der Waals surface area contributed by atoms with Crippen molar-refractivity contribution in [2.24, 2.45) is 0 Å². The van der Waals surface area contributed by atoms with E-state index in [0.29, 0.717) is 33.8 Å². The molecule has 1 unspecified atom stereocenters. The molecule has 0 bridgehead atoms. The lowest BCUT2D eigenvalue weighted by Gasteiger charge is -2.15. The van der Waals surface area contributed by atoms with Gasteiger partial charge in [-0.1, -0.05) is 59.8 Å². The number of nitrogens with one attached hydrogen (secondary N) is 1. The normalized spacial score (nSPS) is 11.7. The predicted octanol–water partition coefficient (Wildman–Crippen LogP) is 6.46. The van der Waals surface area contributed by atoms with Gasteiger partial charge in [0.15, 0.2) is 5.76 Å². The molecular formula is C28H24F2N2O5. The zero-order valence-electron chi connectivity index (χ0n) is 20.1. The smallest absolute Gasteiger partial charge is 0.412 e. The Morgan fingerprint density at radius 2 is 1.73 bits per heavy atom. The first kappa shape index (κ1) is 25.6. The van der Waals surface area contributed by atoms with Crippen LogP contribution < -0.4 is 5.32 Å². The molecular weight excluding hydrogens is 482 g/mol. The largest absolute Gasteiger partial charge is 0.481 e. The number of halogens is 2. The molecule has 190 valence electrons. The summed E-state index contributed by atoms with van der Waals surface area (Å²) >= 11 is 0. The van der Waals surface area contributed by atoms with Crippen molar-refractivity contribution in [2.75, 3.05) is 5.32 Å². The number of aliphatic carboxylic acids is 1. The minimum absolute atomic E-state index is 0.186. The zero-order valence-corrected chi connectivity index (χ0v) is 20.1. The highest BCUT2D eigenvalue weighted by molar-refractivity contribution is 5.91. The van der Waals surface area contributed by atoms with Gasteiger partial charge < -0.3 is 14.4 Å². The predicted molar refractivity (Wildman–Crippen MR) is 132 cm³/mol. The van der Waals surface area contributed by atoms with E-state index in [9.17, 15) is 18.4 Å². The molecule has 1 amide bonds. The quantitative estimate of drug-likeness (QED) is 0.285. The van der Waals surface area contributed by atoms with Crippen molar-refractivity contribution in [1.82, 2.24) is 5.16 Å². The maximum Gasteiger partial charge on any atom is 0.412 e. The molecule has 0 spiro atoms. The molecule has 0 aliphatic carbocycles. The van der Waals surface area contributed by atoms with Gasteiger partial charge in [-0.3, -0.25) is 10.1 Å². The highest BCUT2D eigenvalue weighted by Gasteiger charge is 2.21. The first-order valence-corrected chi connectivity index (χ1v) is 11.5. The van der Waals surface area contributed by atoms with Crippen molar-refractivity contribution in [2.45, 2.75) is 32.8 Å². The number of amides is 1. The number of carboxylic acids is 1. The summed E-state index contributed by atoms with van der Waals surface area (Å²) in [5.74, 6) is -1.52.